The number of aromatic nitrogens is 2. The van der Waals surface area contributed by atoms with E-state index in [-0.39, 0.29) is 5.56 Å². The largest absolute Gasteiger partial charge is 0.478 e. The minimum Gasteiger partial charge on any atom is -0.478 e. The lowest BCUT2D eigenvalue weighted by Crippen LogP contribution is -2.52. The zero-order valence-electron chi connectivity index (χ0n) is 37.2. The maximum absolute atomic E-state index is 12.1. The Morgan fingerprint density at radius 1 is 0.794 bits per heavy atom. The van der Waals surface area contributed by atoms with Crippen LogP contribution in [-0.4, -0.2) is 64.0 Å². The zero-order chi connectivity index (χ0) is 44.3. The molecule has 1 unspecified atom stereocenters. The van der Waals surface area contributed by atoms with Crippen molar-refractivity contribution in [2.45, 2.75) is 92.0 Å². The molecule has 1 aliphatic heterocycles. The maximum atomic E-state index is 12.1. The van der Waals surface area contributed by atoms with Crippen molar-refractivity contribution in [1.82, 2.24) is 14.9 Å². The molecule has 3 aromatic carbocycles. The lowest BCUT2D eigenvalue weighted by molar-refractivity contribution is 0.0694. The molecule has 63 heavy (non-hydrogen) atoms. The quantitative estimate of drug-likeness (QED) is 0.143. The number of rotatable bonds is 9. The van der Waals surface area contributed by atoms with Gasteiger partial charge in [-0.05, 0) is 151 Å². The summed E-state index contributed by atoms with van der Waals surface area (Å²) in [5.41, 5.74) is 12.1. The number of alkyl halides is 1. The Labute approximate surface area is 387 Å². The molecule has 7 nitrogen and oxygen atoms in total. The van der Waals surface area contributed by atoms with Crippen molar-refractivity contribution in [2.75, 3.05) is 37.0 Å². The number of hydrogen-bond acceptors (Lipinski definition) is 5. The maximum Gasteiger partial charge on any atom is 0.339 e. The van der Waals surface area contributed by atoms with Crippen molar-refractivity contribution in [3.8, 4) is 11.5 Å². The number of fused-ring (bicyclic) bond motifs is 1. The lowest BCUT2D eigenvalue weighted by atomic mass is 9.63. The fraction of sp³-hybridized carbons (Fsp3) is 0.434. The number of halogens is 3. The number of H-pyrrole nitrogens is 1. The number of anilines is 1. The number of pyridine rings is 1. The Kier molecular flexibility index (Phi) is 11.8. The molecule has 2 spiro atoms. The van der Waals surface area contributed by atoms with Gasteiger partial charge < -0.3 is 19.7 Å². The highest BCUT2D eigenvalue weighted by Gasteiger charge is 2.57. The Morgan fingerprint density at radius 3 is 1.94 bits per heavy atom. The molecule has 2 saturated carbocycles. The third-order valence-corrected chi connectivity index (χ3v) is 16.5. The van der Waals surface area contributed by atoms with Crippen molar-refractivity contribution < 1.29 is 14.6 Å². The fourth-order valence-electron chi connectivity index (χ4n) is 11.0. The highest BCUT2D eigenvalue weighted by Crippen LogP contribution is 2.68. The first kappa shape index (κ1) is 44.0. The van der Waals surface area contributed by atoms with Gasteiger partial charge in [0.15, 0.2) is 0 Å². The number of carboxylic acids is 1. The first-order valence-electron chi connectivity index (χ1n) is 22.6. The zero-order valence-corrected chi connectivity index (χ0v) is 39.4. The van der Waals surface area contributed by atoms with Gasteiger partial charge in [-0.25, -0.2) is 9.78 Å². The van der Waals surface area contributed by atoms with E-state index in [1.165, 1.54) is 66.4 Å². The summed E-state index contributed by atoms with van der Waals surface area (Å²) in [6, 6.07) is 26.1. The second kappa shape index (κ2) is 16.9. The summed E-state index contributed by atoms with van der Waals surface area (Å²) in [4.78, 5) is 24.5. The van der Waals surface area contributed by atoms with Crippen LogP contribution >= 0.6 is 34.8 Å². The van der Waals surface area contributed by atoms with Crippen LogP contribution in [0.3, 0.4) is 0 Å². The SMILES string of the molecule is CC1(C)CC(c2ccc(Cl)cc2)=C(CCl)CC12CC2.CC1CN(c2ccc(C(=O)O)c(Oc3cnc4[nH]ccc4c3)c2)CCN1CC1=C(c2ccc(Cl)cc2)CC(C)(C)C2(CC2)C1. The number of hydrogen-bond donors (Lipinski definition) is 2. The summed E-state index contributed by atoms with van der Waals surface area (Å²) in [7, 11) is 0. The Hall–Kier alpha value is -4.27. The standard InChI is InChI=1S/C36H39ClN4O3.C17H20Cl2/c1-23-21-41(28-8-9-30(34(42)43)32(17-28)44-29-16-25-10-13-38-33(25)39-20-29)15-14-40(23)22-26-18-36(11-12-36)35(2,3)19-31(26)24-4-6-27(37)7-5-24;1-16(2)10-15(12-3-5-14(19)6-4-12)13(11-18)9-17(16)7-8-17/h4-10,13,16-17,20,23H,11-12,14-15,18-19,21-22H2,1-3H3,(H,38,39)(H,42,43);3-6H,7-11H2,1-2H3. The van der Waals surface area contributed by atoms with E-state index < -0.39 is 5.97 Å². The van der Waals surface area contributed by atoms with E-state index in [1.54, 1.807) is 17.8 Å². The van der Waals surface area contributed by atoms with Crippen LogP contribution in [0.25, 0.3) is 22.2 Å². The second-order valence-electron chi connectivity index (χ2n) is 20.3. The molecule has 1 saturated heterocycles. The van der Waals surface area contributed by atoms with Gasteiger partial charge in [-0.1, -0.05) is 86.3 Å². The van der Waals surface area contributed by atoms with Gasteiger partial charge in [0.25, 0.3) is 0 Å². The number of allylic oxidation sites excluding steroid dienone is 3. The predicted octanol–water partition coefficient (Wildman–Crippen LogP) is 14.2. The van der Waals surface area contributed by atoms with Crippen LogP contribution in [0.2, 0.25) is 10.0 Å². The van der Waals surface area contributed by atoms with Crippen LogP contribution in [0.1, 0.15) is 107 Å². The molecule has 0 bridgehead atoms. The van der Waals surface area contributed by atoms with E-state index >= 15 is 0 Å². The van der Waals surface area contributed by atoms with Crippen LogP contribution < -0.4 is 9.64 Å². The fourth-order valence-corrected chi connectivity index (χ4v) is 11.5. The number of ether oxygens (including phenoxy) is 1. The van der Waals surface area contributed by atoms with E-state index in [2.05, 4.69) is 78.7 Å². The predicted molar refractivity (Wildman–Crippen MR) is 260 cm³/mol. The Balaban J connectivity index is 0.000000221. The Bertz CT molecular complexity index is 2580. The summed E-state index contributed by atoms with van der Waals surface area (Å²) in [5.74, 6) is 0.465. The minimum atomic E-state index is -1.02. The summed E-state index contributed by atoms with van der Waals surface area (Å²) < 4.78 is 6.12. The number of benzene rings is 3. The van der Waals surface area contributed by atoms with Gasteiger partial charge in [0.2, 0.25) is 0 Å². The first-order chi connectivity index (χ1) is 30.1. The van der Waals surface area contributed by atoms with Crippen LogP contribution in [0.15, 0.2) is 102 Å². The summed E-state index contributed by atoms with van der Waals surface area (Å²) in [6.45, 7) is 15.7. The van der Waals surface area contributed by atoms with Crippen molar-refractivity contribution in [2.24, 2.45) is 21.7 Å². The molecule has 2 N–H and O–H groups in total. The molecular formula is C53H59Cl3N4O3. The number of aromatic carboxylic acids is 1. The summed E-state index contributed by atoms with van der Waals surface area (Å²) in [6.07, 6.45) is 13.4. The molecule has 5 aliphatic rings. The van der Waals surface area contributed by atoms with Gasteiger partial charge in [0, 0.05) is 71.5 Å². The molecule has 1 atom stereocenters. The molecule has 330 valence electrons. The average molecular weight is 906 g/mol. The molecule has 5 aromatic rings. The molecule has 3 heterocycles. The van der Waals surface area contributed by atoms with E-state index in [0.717, 1.165) is 65.8 Å². The van der Waals surface area contributed by atoms with Crippen LogP contribution in [-0.2, 0) is 0 Å². The number of carbonyl (C=O) groups is 1. The van der Waals surface area contributed by atoms with Gasteiger partial charge >= 0.3 is 5.97 Å². The van der Waals surface area contributed by atoms with Gasteiger partial charge in [-0.2, -0.15) is 0 Å². The number of aromatic amines is 1. The third-order valence-electron chi connectivity index (χ3n) is 15.6. The number of piperazine rings is 1. The van der Waals surface area contributed by atoms with Gasteiger partial charge in [0.05, 0.1) is 6.20 Å². The van der Waals surface area contributed by atoms with Crippen molar-refractivity contribution in [1.29, 1.82) is 0 Å². The van der Waals surface area contributed by atoms with Crippen molar-refractivity contribution >= 4 is 68.6 Å². The normalized spacial score (nSPS) is 22.0. The molecular weight excluding hydrogens is 847 g/mol. The van der Waals surface area contributed by atoms with Crippen molar-refractivity contribution in [3.05, 3.63) is 129 Å². The molecule has 0 amide bonds. The molecule has 2 aromatic heterocycles. The average Bonchev–Trinajstić information content (AvgIpc) is 4.18. The monoisotopic (exact) mass is 904 g/mol. The highest BCUT2D eigenvalue weighted by atomic mass is 35.5. The van der Waals surface area contributed by atoms with E-state index in [9.17, 15) is 9.90 Å². The van der Waals surface area contributed by atoms with Crippen LogP contribution in [0, 0.1) is 21.7 Å². The number of nitrogens with zero attached hydrogens (tertiary/aromatic N) is 3. The topological polar surface area (TPSA) is 81.7 Å². The molecule has 0 radical (unpaired) electrons. The highest BCUT2D eigenvalue weighted by molar-refractivity contribution is 6.30. The van der Waals surface area contributed by atoms with Gasteiger partial charge in [-0.3, -0.25) is 4.90 Å². The van der Waals surface area contributed by atoms with Gasteiger partial charge in [-0.15, -0.1) is 11.6 Å². The van der Waals surface area contributed by atoms with E-state index in [4.69, 9.17) is 39.5 Å². The molecule has 10 heteroatoms. The van der Waals surface area contributed by atoms with Crippen LogP contribution in [0.5, 0.6) is 11.5 Å². The Morgan fingerprint density at radius 2 is 1.38 bits per heavy atom. The number of nitrogens with one attached hydrogen (secondary N) is 1. The number of carboxylic acid groups (broad SMARTS) is 1. The summed E-state index contributed by atoms with van der Waals surface area (Å²) in [5, 5.41) is 12.4. The third kappa shape index (κ3) is 8.80. The lowest BCUT2D eigenvalue weighted by Gasteiger charge is -2.45. The molecule has 3 fully saturated rings. The molecule has 4 aliphatic carbocycles. The van der Waals surface area contributed by atoms with E-state index in [1.807, 2.05) is 54.7 Å². The second-order valence-corrected chi connectivity index (χ2v) is 21.4. The summed E-state index contributed by atoms with van der Waals surface area (Å²) >= 11 is 18.5. The molecule has 10 rings (SSSR count). The van der Waals surface area contributed by atoms with Crippen LogP contribution in [0.4, 0.5) is 5.69 Å². The van der Waals surface area contributed by atoms with Gasteiger partial charge in [0.1, 0.15) is 22.7 Å². The van der Waals surface area contributed by atoms with Crippen molar-refractivity contribution in [3.63, 3.8) is 0 Å². The van der Waals surface area contributed by atoms with E-state index in [0.29, 0.717) is 45.1 Å². The minimum absolute atomic E-state index is 0.130. The first-order valence-corrected chi connectivity index (χ1v) is 23.8. The smallest absolute Gasteiger partial charge is 0.339 e.